The van der Waals surface area contributed by atoms with Crippen LogP contribution in [0, 0.1) is 0 Å². The standard InChI is InChI=1S/C13H7BrCl4/c14-11-4-2-7(15)5-10(11)13(18)9-3-1-8(16)6-12(9)17/h1-6,13H. The second-order valence-corrected chi connectivity index (χ2v) is 6.27. The van der Waals surface area contributed by atoms with Gasteiger partial charge in [-0.2, -0.15) is 0 Å². The predicted octanol–water partition coefficient (Wildman–Crippen LogP) is 6.74. The van der Waals surface area contributed by atoms with Gasteiger partial charge in [0.25, 0.3) is 0 Å². The molecule has 2 aromatic rings. The molecular formula is C13H7BrCl4. The van der Waals surface area contributed by atoms with Crippen LogP contribution in [0.3, 0.4) is 0 Å². The van der Waals surface area contributed by atoms with Gasteiger partial charge in [-0.3, -0.25) is 0 Å². The minimum absolute atomic E-state index is 0.386. The Labute approximate surface area is 134 Å². The lowest BCUT2D eigenvalue weighted by Gasteiger charge is -2.14. The molecule has 2 rings (SSSR count). The number of alkyl halides is 1. The fraction of sp³-hybridized carbons (Fsp3) is 0.0769. The van der Waals surface area contributed by atoms with Crippen molar-refractivity contribution in [2.45, 2.75) is 5.38 Å². The zero-order valence-corrected chi connectivity index (χ0v) is 13.5. The van der Waals surface area contributed by atoms with E-state index >= 15 is 0 Å². The molecule has 0 nitrogen and oxygen atoms in total. The summed E-state index contributed by atoms with van der Waals surface area (Å²) < 4.78 is 0.887. The molecule has 18 heavy (non-hydrogen) atoms. The molecule has 5 heteroatoms. The molecule has 94 valence electrons. The molecule has 0 saturated heterocycles. The maximum atomic E-state index is 6.45. The van der Waals surface area contributed by atoms with E-state index in [4.69, 9.17) is 46.4 Å². The SMILES string of the molecule is Clc1ccc(C(Cl)c2cc(Cl)ccc2Br)c(Cl)c1. The quantitative estimate of drug-likeness (QED) is 0.503. The highest BCUT2D eigenvalue weighted by Gasteiger charge is 2.17. The molecule has 0 amide bonds. The van der Waals surface area contributed by atoms with Gasteiger partial charge in [0.05, 0.1) is 5.38 Å². The highest BCUT2D eigenvalue weighted by Crippen LogP contribution is 2.38. The molecular weight excluding hydrogens is 378 g/mol. The van der Waals surface area contributed by atoms with Gasteiger partial charge in [0, 0.05) is 19.5 Å². The largest absolute Gasteiger partial charge is 0.112 e. The number of halogens is 5. The molecule has 0 radical (unpaired) electrons. The summed E-state index contributed by atoms with van der Waals surface area (Å²) in [5, 5.41) is 1.36. The van der Waals surface area contributed by atoms with Crippen LogP contribution < -0.4 is 0 Å². The maximum Gasteiger partial charge on any atom is 0.0861 e. The topological polar surface area (TPSA) is 0 Å². The minimum atomic E-state index is -0.386. The van der Waals surface area contributed by atoms with Crippen molar-refractivity contribution < 1.29 is 0 Å². The lowest BCUT2D eigenvalue weighted by Crippen LogP contribution is -1.95. The monoisotopic (exact) mass is 382 g/mol. The van der Waals surface area contributed by atoms with E-state index in [0.29, 0.717) is 15.1 Å². The second-order valence-electron chi connectivity index (χ2n) is 3.69. The van der Waals surface area contributed by atoms with Crippen LogP contribution in [0.25, 0.3) is 0 Å². The fourth-order valence-electron chi connectivity index (χ4n) is 1.58. The predicted molar refractivity (Wildman–Crippen MR) is 83.3 cm³/mol. The van der Waals surface area contributed by atoms with Gasteiger partial charge in [0.15, 0.2) is 0 Å². The fourth-order valence-corrected chi connectivity index (χ4v) is 3.32. The van der Waals surface area contributed by atoms with Crippen molar-refractivity contribution in [3.8, 4) is 0 Å². The van der Waals surface area contributed by atoms with Crippen LogP contribution in [0.5, 0.6) is 0 Å². The lowest BCUT2D eigenvalue weighted by atomic mass is 10.0. The van der Waals surface area contributed by atoms with Crippen LogP contribution in [-0.2, 0) is 0 Å². The van der Waals surface area contributed by atoms with Crippen LogP contribution in [-0.4, -0.2) is 0 Å². The van der Waals surface area contributed by atoms with E-state index in [1.54, 1.807) is 18.2 Å². The Morgan fingerprint density at radius 1 is 0.833 bits per heavy atom. The van der Waals surface area contributed by atoms with Gasteiger partial charge in [-0.05, 0) is 41.5 Å². The van der Waals surface area contributed by atoms with Crippen molar-refractivity contribution in [2.75, 3.05) is 0 Å². The molecule has 0 spiro atoms. The molecule has 1 unspecified atom stereocenters. The highest BCUT2D eigenvalue weighted by molar-refractivity contribution is 9.10. The van der Waals surface area contributed by atoms with Crippen molar-refractivity contribution in [2.24, 2.45) is 0 Å². The van der Waals surface area contributed by atoms with Crippen molar-refractivity contribution in [3.63, 3.8) is 0 Å². The summed E-state index contributed by atoms with van der Waals surface area (Å²) in [4.78, 5) is 0. The summed E-state index contributed by atoms with van der Waals surface area (Å²) in [7, 11) is 0. The van der Waals surface area contributed by atoms with Crippen LogP contribution in [0.2, 0.25) is 15.1 Å². The normalized spacial score (nSPS) is 12.5. The van der Waals surface area contributed by atoms with Gasteiger partial charge in [-0.15, -0.1) is 11.6 Å². The van der Waals surface area contributed by atoms with Crippen molar-refractivity contribution in [3.05, 3.63) is 67.1 Å². The van der Waals surface area contributed by atoms with E-state index in [1.807, 2.05) is 18.2 Å². The van der Waals surface area contributed by atoms with Gasteiger partial charge in [-0.25, -0.2) is 0 Å². The van der Waals surface area contributed by atoms with Crippen molar-refractivity contribution >= 4 is 62.3 Å². The van der Waals surface area contributed by atoms with Gasteiger partial charge < -0.3 is 0 Å². The molecule has 0 N–H and O–H groups in total. The van der Waals surface area contributed by atoms with Crippen LogP contribution in [0.4, 0.5) is 0 Å². The Morgan fingerprint density at radius 3 is 2.11 bits per heavy atom. The van der Waals surface area contributed by atoms with E-state index in [-0.39, 0.29) is 5.38 Å². The average Bonchev–Trinajstić information content (AvgIpc) is 2.31. The third-order valence-corrected chi connectivity index (χ3v) is 4.46. The summed E-state index contributed by atoms with van der Waals surface area (Å²) in [5.74, 6) is 0. The zero-order chi connectivity index (χ0) is 13.3. The third-order valence-electron chi connectivity index (χ3n) is 2.47. The first-order chi connectivity index (χ1) is 8.49. The summed E-state index contributed by atoms with van der Waals surface area (Å²) >= 11 is 27.9. The summed E-state index contributed by atoms with van der Waals surface area (Å²) in [5.41, 5.74) is 1.67. The minimum Gasteiger partial charge on any atom is -0.112 e. The Bertz CT molecular complexity index is 583. The van der Waals surface area contributed by atoms with Crippen LogP contribution >= 0.6 is 62.3 Å². The van der Waals surface area contributed by atoms with E-state index in [2.05, 4.69) is 15.9 Å². The molecule has 0 heterocycles. The number of hydrogen-bond donors (Lipinski definition) is 0. The molecule has 0 aliphatic carbocycles. The average molecular weight is 385 g/mol. The van der Waals surface area contributed by atoms with E-state index in [9.17, 15) is 0 Å². The van der Waals surface area contributed by atoms with Gasteiger partial charge in [-0.1, -0.05) is 56.8 Å². The van der Waals surface area contributed by atoms with Gasteiger partial charge in [0.1, 0.15) is 0 Å². The molecule has 0 fully saturated rings. The lowest BCUT2D eigenvalue weighted by molar-refractivity contribution is 1.13. The summed E-state index contributed by atoms with van der Waals surface area (Å²) in [6.07, 6.45) is 0. The number of benzene rings is 2. The zero-order valence-electron chi connectivity index (χ0n) is 8.93. The Hall–Kier alpha value is 0.0800. The maximum absolute atomic E-state index is 6.45. The first kappa shape index (κ1) is 14.5. The Kier molecular flexibility index (Phi) is 4.85. The first-order valence-corrected chi connectivity index (χ1v) is 7.39. The van der Waals surface area contributed by atoms with E-state index in [0.717, 1.165) is 15.6 Å². The third kappa shape index (κ3) is 3.15. The van der Waals surface area contributed by atoms with Gasteiger partial charge >= 0.3 is 0 Å². The second kappa shape index (κ2) is 6.02. The molecule has 0 aliphatic heterocycles. The Balaban J connectivity index is 2.47. The van der Waals surface area contributed by atoms with E-state index < -0.39 is 0 Å². The van der Waals surface area contributed by atoms with Crippen LogP contribution in [0.15, 0.2) is 40.9 Å². The molecule has 0 aliphatic rings. The molecule has 0 aromatic heterocycles. The van der Waals surface area contributed by atoms with Crippen molar-refractivity contribution in [1.82, 2.24) is 0 Å². The highest BCUT2D eigenvalue weighted by atomic mass is 79.9. The molecule has 1 atom stereocenters. The first-order valence-electron chi connectivity index (χ1n) is 5.03. The van der Waals surface area contributed by atoms with E-state index in [1.165, 1.54) is 0 Å². The smallest absolute Gasteiger partial charge is 0.0861 e. The van der Waals surface area contributed by atoms with Crippen molar-refractivity contribution in [1.29, 1.82) is 0 Å². The Morgan fingerprint density at radius 2 is 1.44 bits per heavy atom. The molecule has 0 bridgehead atoms. The summed E-state index contributed by atoms with van der Waals surface area (Å²) in [6.45, 7) is 0. The number of hydrogen-bond acceptors (Lipinski definition) is 0. The molecule has 0 saturated carbocycles. The van der Waals surface area contributed by atoms with Gasteiger partial charge in [0.2, 0.25) is 0 Å². The number of rotatable bonds is 2. The van der Waals surface area contributed by atoms with Crippen LogP contribution in [0.1, 0.15) is 16.5 Å². The molecule has 2 aromatic carbocycles. The summed E-state index contributed by atoms with van der Waals surface area (Å²) in [6, 6.07) is 10.7.